The summed E-state index contributed by atoms with van der Waals surface area (Å²) in [7, 11) is 1.71. The third-order valence-electron chi connectivity index (χ3n) is 4.40. The maximum atomic E-state index is 5.91. The van der Waals surface area contributed by atoms with E-state index in [1.54, 1.807) is 7.11 Å². The Bertz CT molecular complexity index is 904. The number of halogens is 3. The summed E-state index contributed by atoms with van der Waals surface area (Å²) in [6.07, 6.45) is 0.924. The average molecular weight is 497 g/mol. The number of benzene rings is 3. The molecule has 0 amide bonds. The lowest BCUT2D eigenvalue weighted by Crippen LogP contribution is -2.17. The van der Waals surface area contributed by atoms with Gasteiger partial charge in [-0.2, -0.15) is 0 Å². The Morgan fingerprint density at radius 1 is 0.931 bits per heavy atom. The van der Waals surface area contributed by atoms with Gasteiger partial charge in [-0.25, -0.2) is 0 Å². The Morgan fingerprint density at radius 2 is 1.66 bits per heavy atom. The SMILES string of the molecule is COc1ccccc1CCNCc1ccc(OCc2ccc(Cl)cc2)c(Br)c1.Cl. The van der Waals surface area contributed by atoms with Gasteiger partial charge in [0.2, 0.25) is 0 Å². The molecule has 3 nitrogen and oxygen atoms in total. The van der Waals surface area contributed by atoms with Crippen LogP contribution < -0.4 is 14.8 Å². The smallest absolute Gasteiger partial charge is 0.134 e. The van der Waals surface area contributed by atoms with Crippen molar-refractivity contribution in [2.45, 2.75) is 19.6 Å². The van der Waals surface area contributed by atoms with Gasteiger partial charge in [-0.15, -0.1) is 12.4 Å². The second kappa shape index (κ2) is 12.1. The first-order valence-corrected chi connectivity index (χ1v) is 10.3. The van der Waals surface area contributed by atoms with Crippen LogP contribution in [0, 0.1) is 0 Å². The summed E-state index contributed by atoms with van der Waals surface area (Å²) in [6.45, 7) is 2.18. The first-order chi connectivity index (χ1) is 13.7. The van der Waals surface area contributed by atoms with E-state index in [9.17, 15) is 0 Å². The zero-order chi connectivity index (χ0) is 19.8. The molecule has 3 rings (SSSR count). The van der Waals surface area contributed by atoms with Gasteiger partial charge in [-0.05, 0) is 75.9 Å². The number of hydrogen-bond acceptors (Lipinski definition) is 3. The minimum absolute atomic E-state index is 0. The summed E-state index contributed by atoms with van der Waals surface area (Å²) >= 11 is 9.52. The minimum Gasteiger partial charge on any atom is -0.496 e. The van der Waals surface area contributed by atoms with E-state index in [2.05, 4.69) is 39.4 Å². The summed E-state index contributed by atoms with van der Waals surface area (Å²) in [6, 6.07) is 22.0. The van der Waals surface area contributed by atoms with Crippen LogP contribution in [0.3, 0.4) is 0 Å². The van der Waals surface area contributed by atoms with Crippen LogP contribution in [0.2, 0.25) is 5.02 Å². The largest absolute Gasteiger partial charge is 0.496 e. The van der Waals surface area contributed by atoms with Gasteiger partial charge in [-0.3, -0.25) is 0 Å². The summed E-state index contributed by atoms with van der Waals surface area (Å²) in [5.41, 5.74) is 3.49. The molecule has 1 N–H and O–H groups in total. The van der Waals surface area contributed by atoms with Crippen LogP contribution >= 0.6 is 39.9 Å². The van der Waals surface area contributed by atoms with Crippen molar-refractivity contribution in [3.05, 3.63) is 92.9 Å². The molecule has 29 heavy (non-hydrogen) atoms. The topological polar surface area (TPSA) is 30.5 Å². The summed E-state index contributed by atoms with van der Waals surface area (Å²) in [5, 5.41) is 4.21. The van der Waals surface area contributed by atoms with Crippen LogP contribution in [0.5, 0.6) is 11.5 Å². The van der Waals surface area contributed by atoms with Gasteiger partial charge in [0.25, 0.3) is 0 Å². The number of methoxy groups -OCH3 is 1. The van der Waals surface area contributed by atoms with E-state index in [4.69, 9.17) is 21.1 Å². The molecule has 0 aliphatic heterocycles. The van der Waals surface area contributed by atoms with Crippen molar-refractivity contribution in [2.75, 3.05) is 13.7 Å². The van der Waals surface area contributed by atoms with E-state index in [0.717, 1.165) is 46.1 Å². The monoisotopic (exact) mass is 495 g/mol. The molecule has 0 saturated carbocycles. The average Bonchev–Trinajstić information content (AvgIpc) is 2.72. The number of ether oxygens (including phenoxy) is 2. The van der Waals surface area contributed by atoms with Gasteiger partial charge in [0.1, 0.15) is 18.1 Å². The fourth-order valence-corrected chi connectivity index (χ4v) is 3.55. The van der Waals surface area contributed by atoms with Crippen LogP contribution in [-0.4, -0.2) is 13.7 Å². The highest BCUT2D eigenvalue weighted by molar-refractivity contribution is 9.10. The lowest BCUT2D eigenvalue weighted by Gasteiger charge is -2.11. The molecule has 0 bridgehead atoms. The number of nitrogens with one attached hydrogen (secondary N) is 1. The lowest BCUT2D eigenvalue weighted by atomic mass is 10.1. The molecule has 3 aromatic carbocycles. The van der Waals surface area contributed by atoms with Gasteiger partial charge in [0, 0.05) is 11.6 Å². The highest BCUT2D eigenvalue weighted by Gasteiger charge is 2.05. The fraction of sp³-hybridized carbons (Fsp3) is 0.217. The molecule has 0 unspecified atom stereocenters. The third-order valence-corrected chi connectivity index (χ3v) is 5.27. The van der Waals surface area contributed by atoms with Crippen molar-refractivity contribution in [3.63, 3.8) is 0 Å². The highest BCUT2D eigenvalue weighted by atomic mass is 79.9. The number of hydrogen-bond donors (Lipinski definition) is 1. The fourth-order valence-electron chi connectivity index (χ4n) is 2.88. The van der Waals surface area contributed by atoms with E-state index >= 15 is 0 Å². The number of rotatable bonds is 9. The van der Waals surface area contributed by atoms with E-state index in [-0.39, 0.29) is 12.4 Å². The molecule has 0 radical (unpaired) electrons. The second-order valence-electron chi connectivity index (χ2n) is 6.42. The molecule has 6 heteroatoms. The first-order valence-electron chi connectivity index (χ1n) is 9.14. The minimum atomic E-state index is 0. The van der Waals surface area contributed by atoms with E-state index < -0.39 is 0 Å². The normalized spacial score (nSPS) is 10.3. The van der Waals surface area contributed by atoms with Gasteiger partial charge in [-0.1, -0.05) is 48.0 Å². The van der Waals surface area contributed by atoms with E-state index in [1.807, 2.05) is 48.5 Å². The van der Waals surface area contributed by atoms with Crippen LogP contribution in [0.1, 0.15) is 16.7 Å². The molecule has 0 atom stereocenters. The molecule has 3 aromatic rings. The third kappa shape index (κ3) is 7.23. The Morgan fingerprint density at radius 3 is 2.38 bits per heavy atom. The summed E-state index contributed by atoms with van der Waals surface area (Å²) in [4.78, 5) is 0. The highest BCUT2D eigenvalue weighted by Crippen LogP contribution is 2.27. The molecule has 0 aliphatic rings. The van der Waals surface area contributed by atoms with Crippen molar-refractivity contribution in [1.82, 2.24) is 5.32 Å². The molecule has 0 aromatic heterocycles. The van der Waals surface area contributed by atoms with Crippen molar-refractivity contribution in [2.24, 2.45) is 0 Å². The molecule has 0 fully saturated rings. The molecular weight excluding hydrogens is 473 g/mol. The van der Waals surface area contributed by atoms with Crippen molar-refractivity contribution in [3.8, 4) is 11.5 Å². The maximum Gasteiger partial charge on any atom is 0.134 e. The van der Waals surface area contributed by atoms with E-state index in [0.29, 0.717) is 6.61 Å². The van der Waals surface area contributed by atoms with Gasteiger partial charge >= 0.3 is 0 Å². The van der Waals surface area contributed by atoms with Gasteiger partial charge in [0.05, 0.1) is 11.6 Å². The molecule has 0 aliphatic carbocycles. The standard InChI is InChI=1S/C23H23BrClNO2.ClH/c1-27-22-5-3-2-4-19(22)12-13-26-15-18-8-11-23(21(24)14-18)28-16-17-6-9-20(25)10-7-17;/h2-11,14,26H,12-13,15-16H2,1H3;1H. The lowest BCUT2D eigenvalue weighted by molar-refractivity contribution is 0.304. The Hall–Kier alpha value is -1.72. The predicted octanol–water partition coefficient (Wildman–Crippen LogP) is 6.44. The van der Waals surface area contributed by atoms with Crippen LogP contribution in [0.15, 0.2) is 71.2 Å². The van der Waals surface area contributed by atoms with Crippen LogP contribution in [0.4, 0.5) is 0 Å². The van der Waals surface area contributed by atoms with Crippen LogP contribution in [-0.2, 0) is 19.6 Å². The second-order valence-corrected chi connectivity index (χ2v) is 7.71. The Labute approximate surface area is 191 Å². The molecule has 0 spiro atoms. The van der Waals surface area contributed by atoms with Crippen molar-refractivity contribution >= 4 is 39.9 Å². The zero-order valence-electron chi connectivity index (χ0n) is 16.2. The summed E-state index contributed by atoms with van der Waals surface area (Å²) in [5.74, 6) is 1.77. The quantitative estimate of drug-likeness (QED) is 0.345. The molecule has 0 heterocycles. The number of para-hydroxylation sites is 1. The summed E-state index contributed by atoms with van der Waals surface area (Å²) < 4.78 is 12.2. The Balaban J connectivity index is 0.00000300. The first kappa shape index (κ1) is 23.6. The Kier molecular flexibility index (Phi) is 9.82. The van der Waals surface area contributed by atoms with Crippen molar-refractivity contribution < 1.29 is 9.47 Å². The van der Waals surface area contributed by atoms with Gasteiger partial charge in [0.15, 0.2) is 0 Å². The molecule has 154 valence electrons. The van der Waals surface area contributed by atoms with E-state index in [1.165, 1.54) is 11.1 Å². The van der Waals surface area contributed by atoms with Crippen LogP contribution in [0.25, 0.3) is 0 Å². The maximum absolute atomic E-state index is 5.91. The zero-order valence-corrected chi connectivity index (χ0v) is 19.3. The van der Waals surface area contributed by atoms with Crippen molar-refractivity contribution in [1.29, 1.82) is 0 Å². The molecule has 0 saturated heterocycles. The molecular formula is C23H24BrCl2NO2. The predicted molar refractivity (Wildman–Crippen MR) is 126 cm³/mol. The van der Waals surface area contributed by atoms with Gasteiger partial charge < -0.3 is 14.8 Å².